The summed E-state index contributed by atoms with van der Waals surface area (Å²) in [5, 5.41) is 3.91. The summed E-state index contributed by atoms with van der Waals surface area (Å²) in [6, 6.07) is 44.0. The number of hydrogen-bond acceptors (Lipinski definition) is 0. The number of rotatable bonds is 3. The number of aryl methyl sites for hydroxylation is 1. The molecular formula is C36H26N2. The van der Waals surface area contributed by atoms with Crippen molar-refractivity contribution in [2.24, 2.45) is 0 Å². The van der Waals surface area contributed by atoms with Gasteiger partial charge in [-0.1, -0.05) is 91.0 Å². The predicted octanol–water partition coefficient (Wildman–Crippen LogP) is 9.35. The minimum Gasteiger partial charge on any atom is -0.310 e. The molecule has 0 saturated heterocycles. The molecule has 2 aromatic heterocycles. The highest BCUT2D eigenvalue weighted by Gasteiger charge is 2.21. The molecule has 0 atom stereocenters. The van der Waals surface area contributed by atoms with Crippen LogP contribution < -0.4 is 0 Å². The van der Waals surface area contributed by atoms with E-state index in [0.717, 1.165) is 12.8 Å². The number of fused-ring (bicyclic) bond motifs is 6. The maximum Gasteiger partial charge on any atom is 0.0619 e. The van der Waals surface area contributed by atoms with Gasteiger partial charge in [-0.25, -0.2) is 0 Å². The van der Waals surface area contributed by atoms with Gasteiger partial charge in [0.25, 0.3) is 0 Å². The topological polar surface area (TPSA) is 9.86 Å². The summed E-state index contributed by atoms with van der Waals surface area (Å²) >= 11 is 0. The van der Waals surface area contributed by atoms with Crippen molar-refractivity contribution in [2.75, 3.05) is 0 Å². The van der Waals surface area contributed by atoms with Crippen LogP contribution in [0.1, 0.15) is 17.7 Å². The molecule has 0 N–H and O–H groups in total. The van der Waals surface area contributed by atoms with E-state index in [1.807, 2.05) is 0 Å². The summed E-state index contributed by atoms with van der Waals surface area (Å²) in [6.07, 6.45) is 6.76. The smallest absolute Gasteiger partial charge is 0.0619 e. The molecule has 0 aliphatic heterocycles. The van der Waals surface area contributed by atoms with Crippen LogP contribution in [-0.2, 0) is 6.42 Å². The zero-order chi connectivity index (χ0) is 25.1. The Morgan fingerprint density at radius 2 is 1.26 bits per heavy atom. The summed E-state index contributed by atoms with van der Waals surface area (Å²) in [5.74, 6) is 0. The SMILES string of the molecule is C1=Cc2c(c3cc(-n4c5ccccc5c5cccc(-c6ccccc6)c54)ccc3n2-c2ccccc2)CC1. The third kappa shape index (κ3) is 3.07. The Morgan fingerprint density at radius 3 is 2.13 bits per heavy atom. The van der Waals surface area contributed by atoms with Gasteiger partial charge in [-0.15, -0.1) is 0 Å². The van der Waals surface area contributed by atoms with Gasteiger partial charge in [0.05, 0.1) is 16.6 Å². The zero-order valence-corrected chi connectivity index (χ0v) is 21.0. The first kappa shape index (κ1) is 21.3. The van der Waals surface area contributed by atoms with Crippen LogP contribution >= 0.6 is 0 Å². The number of para-hydroxylation sites is 3. The second kappa shape index (κ2) is 8.36. The number of hydrogen-bond donors (Lipinski definition) is 0. The molecular weight excluding hydrogens is 460 g/mol. The zero-order valence-electron chi connectivity index (χ0n) is 21.0. The Morgan fingerprint density at radius 1 is 0.526 bits per heavy atom. The van der Waals surface area contributed by atoms with Gasteiger partial charge < -0.3 is 9.13 Å². The van der Waals surface area contributed by atoms with Crippen LogP contribution in [0.15, 0.2) is 127 Å². The Bertz CT molecular complexity index is 2000. The van der Waals surface area contributed by atoms with Crippen molar-refractivity contribution >= 4 is 38.8 Å². The molecule has 5 aromatic carbocycles. The molecule has 1 aliphatic rings. The minimum atomic E-state index is 1.06. The van der Waals surface area contributed by atoms with E-state index in [4.69, 9.17) is 0 Å². The lowest BCUT2D eigenvalue weighted by molar-refractivity contribution is 0.967. The Kier molecular flexibility index (Phi) is 4.68. The van der Waals surface area contributed by atoms with Crippen LogP contribution in [0.5, 0.6) is 0 Å². The van der Waals surface area contributed by atoms with Gasteiger partial charge >= 0.3 is 0 Å². The van der Waals surface area contributed by atoms with Crippen molar-refractivity contribution in [3.63, 3.8) is 0 Å². The highest BCUT2D eigenvalue weighted by molar-refractivity contribution is 6.14. The van der Waals surface area contributed by atoms with E-state index in [0.29, 0.717) is 0 Å². The molecule has 7 aromatic rings. The second-order valence-electron chi connectivity index (χ2n) is 10.1. The molecule has 2 heterocycles. The fourth-order valence-corrected chi connectivity index (χ4v) is 6.36. The van der Waals surface area contributed by atoms with Crippen LogP contribution in [0.4, 0.5) is 0 Å². The fraction of sp³-hybridized carbons (Fsp3) is 0.0556. The number of aromatic nitrogens is 2. The number of allylic oxidation sites excluding steroid dienone is 1. The third-order valence-corrected chi connectivity index (χ3v) is 7.99. The van der Waals surface area contributed by atoms with Gasteiger partial charge in [-0.3, -0.25) is 0 Å². The van der Waals surface area contributed by atoms with Crippen molar-refractivity contribution in [2.45, 2.75) is 12.8 Å². The average Bonchev–Trinajstić information content (AvgIpc) is 3.51. The summed E-state index contributed by atoms with van der Waals surface area (Å²) in [5.41, 5.74) is 11.4. The Labute approximate surface area is 221 Å². The molecule has 0 bridgehead atoms. The molecule has 1 aliphatic carbocycles. The standard InChI is InChI=1S/C36H26N2/c1-3-12-25(13-4-1)28-18-11-19-31-29-16-7-10-21-34(29)38(36(28)31)27-22-23-35-32(24-27)30-17-8-9-20-33(30)37(35)26-14-5-2-6-15-26/h1-7,9-16,18-24H,8,17H2. The quantitative estimate of drug-likeness (QED) is 0.235. The van der Waals surface area contributed by atoms with Crippen LogP contribution in [0.25, 0.3) is 61.3 Å². The number of nitrogens with zero attached hydrogens (tertiary/aromatic N) is 2. The average molecular weight is 487 g/mol. The summed E-state index contributed by atoms with van der Waals surface area (Å²) in [7, 11) is 0. The molecule has 0 unspecified atom stereocenters. The summed E-state index contributed by atoms with van der Waals surface area (Å²) in [4.78, 5) is 0. The molecule has 0 saturated carbocycles. The van der Waals surface area contributed by atoms with E-state index in [1.165, 1.54) is 66.5 Å². The van der Waals surface area contributed by atoms with Gasteiger partial charge in [0, 0.05) is 38.8 Å². The van der Waals surface area contributed by atoms with Crippen molar-refractivity contribution < 1.29 is 0 Å². The first-order valence-corrected chi connectivity index (χ1v) is 13.4. The van der Waals surface area contributed by atoms with Crippen LogP contribution in [0.3, 0.4) is 0 Å². The minimum absolute atomic E-state index is 1.06. The molecule has 2 nitrogen and oxygen atoms in total. The lowest BCUT2D eigenvalue weighted by atomic mass is 10.0. The van der Waals surface area contributed by atoms with Crippen molar-refractivity contribution in [3.05, 3.63) is 139 Å². The maximum absolute atomic E-state index is 2.47. The first-order valence-electron chi connectivity index (χ1n) is 13.4. The van der Waals surface area contributed by atoms with E-state index in [9.17, 15) is 0 Å². The molecule has 0 spiro atoms. The van der Waals surface area contributed by atoms with E-state index in [-0.39, 0.29) is 0 Å². The van der Waals surface area contributed by atoms with Crippen molar-refractivity contribution in [1.29, 1.82) is 0 Å². The van der Waals surface area contributed by atoms with E-state index >= 15 is 0 Å². The molecule has 8 rings (SSSR count). The number of benzene rings is 5. The van der Waals surface area contributed by atoms with Gasteiger partial charge in [0.1, 0.15) is 0 Å². The predicted molar refractivity (Wildman–Crippen MR) is 160 cm³/mol. The lowest BCUT2D eigenvalue weighted by Gasteiger charge is -2.13. The summed E-state index contributed by atoms with van der Waals surface area (Å²) < 4.78 is 4.89. The summed E-state index contributed by atoms with van der Waals surface area (Å²) in [6.45, 7) is 0. The molecule has 2 heteroatoms. The monoisotopic (exact) mass is 486 g/mol. The van der Waals surface area contributed by atoms with Crippen LogP contribution in [-0.4, -0.2) is 9.13 Å². The lowest BCUT2D eigenvalue weighted by Crippen LogP contribution is -1.99. The van der Waals surface area contributed by atoms with Crippen LogP contribution in [0, 0.1) is 0 Å². The molecule has 38 heavy (non-hydrogen) atoms. The van der Waals surface area contributed by atoms with E-state index in [2.05, 4.69) is 143 Å². The Balaban J connectivity index is 1.46. The van der Waals surface area contributed by atoms with E-state index < -0.39 is 0 Å². The van der Waals surface area contributed by atoms with Crippen molar-refractivity contribution in [3.8, 4) is 22.5 Å². The van der Waals surface area contributed by atoms with Crippen molar-refractivity contribution in [1.82, 2.24) is 9.13 Å². The fourth-order valence-electron chi connectivity index (χ4n) is 6.36. The van der Waals surface area contributed by atoms with Gasteiger partial charge in [-0.2, -0.15) is 0 Å². The normalized spacial score (nSPS) is 12.9. The molecule has 0 amide bonds. The molecule has 0 fully saturated rings. The van der Waals surface area contributed by atoms with Gasteiger partial charge in [-0.05, 0) is 66.4 Å². The Hall–Kier alpha value is -4.82. The van der Waals surface area contributed by atoms with E-state index in [1.54, 1.807) is 0 Å². The largest absolute Gasteiger partial charge is 0.310 e. The highest BCUT2D eigenvalue weighted by Crippen LogP contribution is 2.40. The van der Waals surface area contributed by atoms with Crippen LogP contribution in [0.2, 0.25) is 0 Å². The first-order chi connectivity index (χ1) is 18.9. The molecule has 180 valence electrons. The highest BCUT2D eigenvalue weighted by atomic mass is 15.0. The maximum atomic E-state index is 2.47. The third-order valence-electron chi connectivity index (χ3n) is 7.99. The molecule has 0 radical (unpaired) electrons. The van der Waals surface area contributed by atoms with Gasteiger partial charge in [0.2, 0.25) is 0 Å². The second-order valence-corrected chi connectivity index (χ2v) is 10.1. The van der Waals surface area contributed by atoms with Gasteiger partial charge in [0.15, 0.2) is 0 Å².